The molecule has 0 radical (unpaired) electrons. The third-order valence-corrected chi connectivity index (χ3v) is 3.49. The lowest BCUT2D eigenvalue weighted by atomic mass is 10.2. The lowest BCUT2D eigenvalue weighted by Crippen LogP contribution is -2.30. The Balaban J connectivity index is 2.95. The van der Waals surface area contributed by atoms with E-state index in [1.807, 2.05) is 5.32 Å². The Morgan fingerprint density at radius 2 is 2.05 bits per heavy atom. The molecule has 0 aliphatic rings. The van der Waals surface area contributed by atoms with Crippen LogP contribution in [0.4, 0.5) is 13.2 Å². The summed E-state index contributed by atoms with van der Waals surface area (Å²) in [4.78, 5) is 11.3. The number of rotatable bonds is 6. The first-order valence-electron chi connectivity index (χ1n) is 6.01. The molecule has 120 valence electrons. The van der Waals surface area contributed by atoms with E-state index in [1.165, 1.54) is 0 Å². The van der Waals surface area contributed by atoms with Gasteiger partial charge in [0.25, 0.3) is 5.91 Å². The topological polar surface area (TPSA) is 118 Å². The molecule has 0 aliphatic carbocycles. The van der Waals surface area contributed by atoms with E-state index in [0.717, 1.165) is 0 Å². The van der Waals surface area contributed by atoms with Gasteiger partial charge in [-0.25, -0.2) is 13.6 Å². The monoisotopic (exact) mass is 328 g/mol. The fraction of sp³-hybridized carbons (Fsp3) is 0.600. The fourth-order valence-corrected chi connectivity index (χ4v) is 2.55. The number of primary sulfonamides is 1. The van der Waals surface area contributed by atoms with Crippen molar-refractivity contribution in [1.82, 2.24) is 15.5 Å². The van der Waals surface area contributed by atoms with Crippen molar-refractivity contribution in [3.8, 4) is 0 Å². The van der Waals surface area contributed by atoms with Crippen LogP contribution in [-0.4, -0.2) is 37.2 Å². The predicted octanol–water partition coefficient (Wildman–Crippen LogP) is 0.692. The first-order valence-corrected chi connectivity index (χ1v) is 7.56. The van der Waals surface area contributed by atoms with Gasteiger partial charge in [0.1, 0.15) is 4.90 Å². The van der Waals surface area contributed by atoms with E-state index in [9.17, 15) is 26.4 Å². The third-order valence-electron chi connectivity index (χ3n) is 2.49. The van der Waals surface area contributed by atoms with E-state index in [-0.39, 0.29) is 12.1 Å². The summed E-state index contributed by atoms with van der Waals surface area (Å²) < 4.78 is 59.0. The van der Waals surface area contributed by atoms with Crippen molar-refractivity contribution in [3.05, 3.63) is 11.4 Å². The first kappa shape index (κ1) is 17.4. The highest BCUT2D eigenvalue weighted by Crippen LogP contribution is 2.20. The summed E-state index contributed by atoms with van der Waals surface area (Å²) in [6, 6.07) is 0. The number of carbonyl (C=O) groups excluding carboxylic acids is 1. The molecule has 0 saturated heterocycles. The van der Waals surface area contributed by atoms with Gasteiger partial charge in [0.2, 0.25) is 10.0 Å². The molecule has 0 saturated carbocycles. The van der Waals surface area contributed by atoms with Gasteiger partial charge in [0, 0.05) is 6.54 Å². The van der Waals surface area contributed by atoms with E-state index in [4.69, 9.17) is 5.14 Å². The van der Waals surface area contributed by atoms with Gasteiger partial charge >= 0.3 is 6.18 Å². The number of amides is 1. The molecule has 1 rings (SSSR count). The SMILES string of the molecule is CCCc1[nH]nc(C(=O)NCCC(F)(F)F)c1S(N)(=O)=O. The van der Waals surface area contributed by atoms with Crippen molar-refractivity contribution in [1.29, 1.82) is 0 Å². The lowest BCUT2D eigenvalue weighted by molar-refractivity contribution is -0.133. The maximum Gasteiger partial charge on any atom is 0.390 e. The van der Waals surface area contributed by atoms with E-state index in [1.54, 1.807) is 6.92 Å². The number of hydrogen-bond donors (Lipinski definition) is 3. The summed E-state index contributed by atoms with van der Waals surface area (Å²) in [5.74, 6) is -1.03. The number of aromatic nitrogens is 2. The van der Waals surface area contributed by atoms with Gasteiger partial charge in [-0.15, -0.1) is 0 Å². The van der Waals surface area contributed by atoms with Crippen LogP contribution in [0.2, 0.25) is 0 Å². The molecule has 0 bridgehead atoms. The van der Waals surface area contributed by atoms with Crippen molar-refractivity contribution < 1.29 is 26.4 Å². The number of nitrogens with two attached hydrogens (primary N) is 1. The molecular formula is C10H15F3N4O3S. The number of nitrogens with zero attached hydrogens (tertiary/aromatic N) is 1. The van der Waals surface area contributed by atoms with Crippen molar-refractivity contribution in [3.63, 3.8) is 0 Å². The van der Waals surface area contributed by atoms with Gasteiger partial charge in [0.15, 0.2) is 5.69 Å². The quantitative estimate of drug-likeness (QED) is 0.712. The van der Waals surface area contributed by atoms with E-state index in [0.29, 0.717) is 6.42 Å². The molecule has 1 aromatic rings. The molecule has 0 aromatic carbocycles. The van der Waals surface area contributed by atoms with Crippen molar-refractivity contribution in [2.75, 3.05) is 6.54 Å². The minimum absolute atomic E-state index is 0.154. The van der Waals surface area contributed by atoms with Crippen LogP contribution in [0.5, 0.6) is 0 Å². The second kappa shape index (κ2) is 6.43. The van der Waals surface area contributed by atoms with Crippen molar-refractivity contribution in [2.45, 2.75) is 37.3 Å². The van der Waals surface area contributed by atoms with Crippen molar-refractivity contribution >= 4 is 15.9 Å². The van der Waals surface area contributed by atoms with Crippen LogP contribution < -0.4 is 10.5 Å². The second-order valence-corrected chi connectivity index (χ2v) is 5.79. The zero-order valence-corrected chi connectivity index (χ0v) is 11.9. The minimum atomic E-state index is -4.42. The normalized spacial score (nSPS) is 12.4. The highest BCUT2D eigenvalue weighted by Gasteiger charge is 2.29. The van der Waals surface area contributed by atoms with Gasteiger partial charge in [0.05, 0.1) is 12.1 Å². The molecule has 0 spiro atoms. The molecule has 7 nitrogen and oxygen atoms in total. The molecule has 1 amide bonds. The number of H-pyrrole nitrogens is 1. The Morgan fingerprint density at radius 3 is 2.52 bits per heavy atom. The molecule has 4 N–H and O–H groups in total. The van der Waals surface area contributed by atoms with Gasteiger partial charge in [-0.3, -0.25) is 9.89 Å². The number of aromatic amines is 1. The van der Waals surface area contributed by atoms with E-state index < -0.39 is 45.7 Å². The molecule has 0 aliphatic heterocycles. The summed E-state index contributed by atoms with van der Waals surface area (Å²) in [6.07, 6.45) is -4.79. The van der Waals surface area contributed by atoms with Gasteiger partial charge in [-0.2, -0.15) is 18.3 Å². The molecule has 0 fully saturated rings. The van der Waals surface area contributed by atoms with Gasteiger partial charge in [-0.05, 0) is 6.42 Å². The smallest absolute Gasteiger partial charge is 0.350 e. The molecule has 1 aromatic heterocycles. The summed E-state index contributed by atoms with van der Waals surface area (Å²) in [6.45, 7) is 1.10. The minimum Gasteiger partial charge on any atom is -0.350 e. The van der Waals surface area contributed by atoms with Crippen LogP contribution in [-0.2, 0) is 16.4 Å². The number of halogens is 3. The Morgan fingerprint density at radius 1 is 1.43 bits per heavy atom. The Bertz CT molecular complexity index is 610. The molecule has 1 heterocycles. The van der Waals surface area contributed by atoms with Crippen LogP contribution >= 0.6 is 0 Å². The number of carbonyl (C=O) groups is 1. The maximum absolute atomic E-state index is 12.0. The Labute approximate surface area is 119 Å². The van der Waals surface area contributed by atoms with Gasteiger partial charge < -0.3 is 5.32 Å². The van der Waals surface area contributed by atoms with Crippen LogP contribution in [0.3, 0.4) is 0 Å². The Hall–Kier alpha value is -1.62. The fourth-order valence-electron chi connectivity index (χ4n) is 1.65. The highest BCUT2D eigenvalue weighted by atomic mass is 32.2. The molecule has 11 heteroatoms. The highest BCUT2D eigenvalue weighted by molar-refractivity contribution is 7.89. The predicted molar refractivity (Wildman–Crippen MR) is 67.0 cm³/mol. The standard InChI is InChI=1S/C10H15F3N4O3S/c1-2-3-6-8(21(14,19)20)7(17-16-6)9(18)15-5-4-10(11,12)13/h2-5H2,1H3,(H,15,18)(H,16,17)(H2,14,19,20). The maximum atomic E-state index is 12.0. The second-order valence-electron chi connectivity index (χ2n) is 4.30. The zero-order valence-electron chi connectivity index (χ0n) is 11.1. The van der Waals surface area contributed by atoms with Crippen LogP contribution in [0.25, 0.3) is 0 Å². The lowest BCUT2D eigenvalue weighted by Gasteiger charge is -2.07. The van der Waals surface area contributed by atoms with Gasteiger partial charge in [-0.1, -0.05) is 13.3 Å². The molecule has 0 atom stereocenters. The number of sulfonamides is 1. The van der Waals surface area contributed by atoms with Crippen LogP contribution in [0, 0.1) is 0 Å². The average molecular weight is 328 g/mol. The van der Waals surface area contributed by atoms with Crippen LogP contribution in [0.15, 0.2) is 4.90 Å². The number of alkyl halides is 3. The molecule has 21 heavy (non-hydrogen) atoms. The molecular weight excluding hydrogens is 313 g/mol. The van der Waals surface area contributed by atoms with Crippen molar-refractivity contribution in [2.24, 2.45) is 5.14 Å². The number of hydrogen-bond acceptors (Lipinski definition) is 4. The summed E-state index contributed by atoms with van der Waals surface area (Å²) in [5.41, 5.74) is -0.371. The summed E-state index contributed by atoms with van der Waals surface area (Å²) in [7, 11) is -4.22. The van der Waals surface area contributed by atoms with E-state index in [2.05, 4.69) is 10.2 Å². The van der Waals surface area contributed by atoms with Crippen LogP contribution in [0.1, 0.15) is 35.9 Å². The average Bonchev–Trinajstić information content (AvgIpc) is 2.71. The summed E-state index contributed by atoms with van der Waals surface area (Å²) >= 11 is 0. The Kier molecular flexibility index (Phi) is 5.34. The number of nitrogens with one attached hydrogen (secondary N) is 2. The first-order chi connectivity index (χ1) is 9.56. The largest absolute Gasteiger partial charge is 0.390 e. The zero-order chi connectivity index (χ0) is 16.3. The molecule has 0 unspecified atom stereocenters. The third kappa shape index (κ3) is 5.01. The van der Waals surface area contributed by atoms with E-state index >= 15 is 0 Å². The summed E-state index contributed by atoms with van der Waals surface area (Å²) in [5, 5.41) is 12.9. The number of aryl methyl sites for hydroxylation is 1.